The van der Waals surface area contributed by atoms with Gasteiger partial charge < -0.3 is 10.4 Å². The highest BCUT2D eigenvalue weighted by Gasteiger charge is 2.48. The van der Waals surface area contributed by atoms with E-state index < -0.39 is 17.8 Å². The van der Waals surface area contributed by atoms with Crippen LogP contribution >= 0.6 is 0 Å². The second kappa shape index (κ2) is 4.76. The molecule has 1 saturated carbocycles. The first kappa shape index (κ1) is 12.5. The van der Waals surface area contributed by atoms with Crippen LogP contribution in [-0.2, 0) is 16.1 Å². The van der Waals surface area contributed by atoms with Crippen molar-refractivity contribution in [1.82, 2.24) is 5.32 Å². The normalized spacial score (nSPS) is 21.4. The molecule has 5 heteroatoms. The van der Waals surface area contributed by atoms with Crippen LogP contribution in [0.2, 0.25) is 0 Å². The molecule has 1 aromatic carbocycles. The Balaban J connectivity index is 1.87. The van der Waals surface area contributed by atoms with E-state index >= 15 is 0 Å². The van der Waals surface area contributed by atoms with Gasteiger partial charge in [0.25, 0.3) is 0 Å². The van der Waals surface area contributed by atoms with Crippen LogP contribution in [0.15, 0.2) is 18.2 Å². The first-order chi connectivity index (χ1) is 8.49. The molecule has 2 rings (SSSR count). The van der Waals surface area contributed by atoms with Crippen molar-refractivity contribution in [3.05, 3.63) is 35.1 Å². The Bertz CT molecular complexity index is 501. The molecule has 2 unspecified atom stereocenters. The van der Waals surface area contributed by atoms with Crippen LogP contribution in [0.25, 0.3) is 0 Å². The molecule has 2 atom stereocenters. The molecule has 1 aromatic rings. The molecule has 0 heterocycles. The summed E-state index contributed by atoms with van der Waals surface area (Å²) in [6.45, 7) is 1.89. The molecule has 96 valence electrons. The van der Waals surface area contributed by atoms with Gasteiger partial charge >= 0.3 is 5.97 Å². The van der Waals surface area contributed by atoms with Gasteiger partial charge in [0.05, 0.1) is 11.8 Å². The van der Waals surface area contributed by atoms with E-state index in [0.717, 1.165) is 0 Å². The van der Waals surface area contributed by atoms with Crippen LogP contribution in [0.5, 0.6) is 0 Å². The zero-order chi connectivity index (χ0) is 13.3. The van der Waals surface area contributed by atoms with E-state index in [-0.39, 0.29) is 18.3 Å². The standard InChI is InChI=1S/C13H14FNO3/c1-7-2-3-8(4-11(7)14)6-15-12(16)9-5-10(9)13(17)18/h2-4,9-10H,5-6H2,1H3,(H,15,16)(H,17,18). The SMILES string of the molecule is Cc1ccc(CNC(=O)C2CC2C(=O)O)cc1F. The number of halogens is 1. The monoisotopic (exact) mass is 251 g/mol. The molecule has 0 bridgehead atoms. The summed E-state index contributed by atoms with van der Waals surface area (Å²) in [5.41, 5.74) is 1.22. The van der Waals surface area contributed by atoms with Gasteiger partial charge in [-0.1, -0.05) is 12.1 Å². The number of hydrogen-bond donors (Lipinski definition) is 2. The maximum absolute atomic E-state index is 13.3. The molecular weight excluding hydrogens is 237 g/mol. The van der Waals surface area contributed by atoms with Crippen molar-refractivity contribution in [2.75, 3.05) is 0 Å². The van der Waals surface area contributed by atoms with Crippen molar-refractivity contribution in [2.45, 2.75) is 19.9 Å². The minimum absolute atomic E-state index is 0.221. The number of benzene rings is 1. The first-order valence-electron chi connectivity index (χ1n) is 5.74. The highest BCUT2D eigenvalue weighted by atomic mass is 19.1. The van der Waals surface area contributed by atoms with Crippen LogP contribution in [0.4, 0.5) is 4.39 Å². The average Bonchev–Trinajstić information content (AvgIpc) is 3.10. The van der Waals surface area contributed by atoms with Gasteiger partial charge in [-0.2, -0.15) is 0 Å². The van der Waals surface area contributed by atoms with E-state index in [1.54, 1.807) is 19.1 Å². The Morgan fingerprint density at radius 3 is 2.72 bits per heavy atom. The molecule has 1 aliphatic carbocycles. The van der Waals surface area contributed by atoms with Crippen LogP contribution in [-0.4, -0.2) is 17.0 Å². The van der Waals surface area contributed by atoms with Gasteiger partial charge in [0.1, 0.15) is 5.82 Å². The number of amides is 1. The van der Waals surface area contributed by atoms with Gasteiger partial charge in [-0.15, -0.1) is 0 Å². The molecule has 0 radical (unpaired) electrons. The number of aliphatic carboxylic acids is 1. The molecule has 18 heavy (non-hydrogen) atoms. The maximum atomic E-state index is 13.3. The van der Waals surface area contributed by atoms with Crippen molar-refractivity contribution >= 4 is 11.9 Å². The molecule has 0 aliphatic heterocycles. The van der Waals surface area contributed by atoms with E-state index in [1.807, 2.05) is 0 Å². The van der Waals surface area contributed by atoms with E-state index in [9.17, 15) is 14.0 Å². The largest absolute Gasteiger partial charge is 0.481 e. The third kappa shape index (κ3) is 2.67. The van der Waals surface area contributed by atoms with Gasteiger partial charge in [0, 0.05) is 6.54 Å². The second-order valence-electron chi connectivity index (χ2n) is 4.59. The van der Waals surface area contributed by atoms with Crippen LogP contribution in [0, 0.1) is 24.6 Å². The summed E-state index contributed by atoms with van der Waals surface area (Å²) < 4.78 is 13.3. The zero-order valence-corrected chi connectivity index (χ0v) is 9.94. The maximum Gasteiger partial charge on any atom is 0.307 e. The van der Waals surface area contributed by atoms with Crippen LogP contribution in [0.1, 0.15) is 17.5 Å². The summed E-state index contributed by atoms with van der Waals surface area (Å²) in [5, 5.41) is 11.3. The predicted molar refractivity (Wildman–Crippen MR) is 62.2 cm³/mol. The van der Waals surface area contributed by atoms with Gasteiger partial charge in [-0.3, -0.25) is 9.59 Å². The van der Waals surface area contributed by atoms with E-state index in [1.165, 1.54) is 6.07 Å². The fourth-order valence-electron chi connectivity index (χ4n) is 1.82. The molecule has 0 aromatic heterocycles. The fourth-order valence-corrected chi connectivity index (χ4v) is 1.82. The molecule has 1 aliphatic rings. The van der Waals surface area contributed by atoms with Crippen molar-refractivity contribution in [3.63, 3.8) is 0 Å². The topological polar surface area (TPSA) is 66.4 Å². The van der Waals surface area contributed by atoms with Crippen LogP contribution < -0.4 is 5.32 Å². The summed E-state index contributed by atoms with van der Waals surface area (Å²) >= 11 is 0. The van der Waals surface area contributed by atoms with Crippen molar-refractivity contribution in [3.8, 4) is 0 Å². The average molecular weight is 251 g/mol. The zero-order valence-electron chi connectivity index (χ0n) is 9.94. The predicted octanol–water partition coefficient (Wildman–Crippen LogP) is 1.47. The van der Waals surface area contributed by atoms with Gasteiger partial charge in [-0.25, -0.2) is 4.39 Å². The smallest absolute Gasteiger partial charge is 0.307 e. The number of carbonyl (C=O) groups excluding carboxylic acids is 1. The summed E-state index contributed by atoms with van der Waals surface area (Å²) in [6, 6.07) is 4.76. The number of hydrogen-bond acceptors (Lipinski definition) is 2. The van der Waals surface area contributed by atoms with Crippen LogP contribution in [0.3, 0.4) is 0 Å². The number of carboxylic acid groups (broad SMARTS) is 1. The first-order valence-corrected chi connectivity index (χ1v) is 5.74. The molecule has 2 N–H and O–H groups in total. The van der Waals surface area contributed by atoms with E-state index in [0.29, 0.717) is 17.5 Å². The third-order valence-electron chi connectivity index (χ3n) is 3.15. The summed E-state index contributed by atoms with van der Waals surface area (Å²) in [5.74, 6) is -2.51. The van der Waals surface area contributed by atoms with Crippen molar-refractivity contribution in [1.29, 1.82) is 0 Å². The molecule has 0 saturated heterocycles. The fraction of sp³-hybridized carbons (Fsp3) is 0.385. The van der Waals surface area contributed by atoms with Gasteiger partial charge in [0.2, 0.25) is 5.91 Å². The van der Waals surface area contributed by atoms with E-state index in [2.05, 4.69) is 5.32 Å². The highest BCUT2D eigenvalue weighted by molar-refractivity contribution is 5.89. The summed E-state index contributed by atoms with van der Waals surface area (Å²) in [4.78, 5) is 22.2. The Hall–Kier alpha value is -1.91. The Labute approximate surface area is 104 Å². The summed E-state index contributed by atoms with van der Waals surface area (Å²) in [7, 11) is 0. The minimum Gasteiger partial charge on any atom is -0.481 e. The van der Waals surface area contributed by atoms with E-state index in [4.69, 9.17) is 5.11 Å². The Morgan fingerprint density at radius 1 is 1.44 bits per heavy atom. The number of nitrogens with one attached hydrogen (secondary N) is 1. The quantitative estimate of drug-likeness (QED) is 0.851. The lowest BCUT2D eigenvalue weighted by Crippen LogP contribution is -2.25. The molecular formula is C13H14FNO3. The second-order valence-corrected chi connectivity index (χ2v) is 4.59. The third-order valence-corrected chi connectivity index (χ3v) is 3.15. The molecule has 1 amide bonds. The minimum atomic E-state index is -0.934. The number of carbonyl (C=O) groups is 2. The van der Waals surface area contributed by atoms with Gasteiger partial charge in [0.15, 0.2) is 0 Å². The Morgan fingerprint density at radius 2 is 2.17 bits per heavy atom. The number of rotatable bonds is 4. The lowest BCUT2D eigenvalue weighted by molar-refractivity contribution is -0.140. The van der Waals surface area contributed by atoms with Crippen molar-refractivity contribution in [2.24, 2.45) is 11.8 Å². The molecule has 4 nitrogen and oxygen atoms in total. The van der Waals surface area contributed by atoms with Crippen molar-refractivity contribution < 1.29 is 19.1 Å². The molecule has 1 fully saturated rings. The highest BCUT2D eigenvalue weighted by Crippen LogP contribution is 2.38. The lowest BCUT2D eigenvalue weighted by Gasteiger charge is -2.05. The van der Waals surface area contributed by atoms with Gasteiger partial charge in [-0.05, 0) is 30.5 Å². The number of carboxylic acids is 1. The lowest BCUT2D eigenvalue weighted by atomic mass is 10.1. The Kier molecular flexibility index (Phi) is 3.32. The summed E-state index contributed by atoms with van der Waals surface area (Å²) in [6.07, 6.45) is 0.392. The molecule has 0 spiro atoms. The number of aryl methyl sites for hydroxylation is 1.